The first-order chi connectivity index (χ1) is 9.20. The minimum absolute atomic E-state index is 0.0837. The minimum atomic E-state index is -0.747. The van der Waals surface area contributed by atoms with Crippen molar-refractivity contribution in [1.82, 2.24) is 4.98 Å². The number of carboxylic acids is 1. The molecule has 1 heterocycles. The van der Waals surface area contributed by atoms with Gasteiger partial charge in [0.25, 0.3) is 0 Å². The van der Waals surface area contributed by atoms with E-state index < -0.39 is 5.97 Å². The van der Waals surface area contributed by atoms with Crippen LogP contribution >= 0.6 is 0 Å². The molecule has 19 heavy (non-hydrogen) atoms. The molecule has 1 aromatic carbocycles. The molecule has 0 bridgehead atoms. The average Bonchev–Trinajstić information content (AvgIpc) is 2.46. The number of carboxylic acid groups (broad SMARTS) is 1. The van der Waals surface area contributed by atoms with Gasteiger partial charge < -0.3 is 5.11 Å². The number of carbonyl (C=O) groups is 1. The van der Waals surface area contributed by atoms with E-state index in [0.717, 1.165) is 23.1 Å². The summed E-state index contributed by atoms with van der Waals surface area (Å²) in [6.07, 6.45) is 4.59. The van der Waals surface area contributed by atoms with Crippen molar-refractivity contribution in [2.75, 3.05) is 0 Å². The topological polar surface area (TPSA) is 50.2 Å². The third kappa shape index (κ3) is 3.41. The molecule has 0 fully saturated rings. The predicted molar refractivity (Wildman–Crippen MR) is 75.0 cm³/mol. The minimum Gasteiger partial charge on any atom is -0.481 e. The second-order valence-electron chi connectivity index (χ2n) is 4.57. The Morgan fingerprint density at radius 2 is 1.95 bits per heavy atom. The Bertz CT molecular complexity index is 534. The van der Waals surface area contributed by atoms with E-state index in [9.17, 15) is 4.79 Å². The number of pyridine rings is 1. The van der Waals surface area contributed by atoms with Crippen molar-refractivity contribution in [3.05, 3.63) is 54.4 Å². The van der Waals surface area contributed by atoms with Gasteiger partial charge in [0.2, 0.25) is 0 Å². The van der Waals surface area contributed by atoms with Gasteiger partial charge in [-0.1, -0.05) is 37.3 Å². The molecule has 3 nitrogen and oxygen atoms in total. The zero-order valence-corrected chi connectivity index (χ0v) is 10.9. The van der Waals surface area contributed by atoms with E-state index in [0.29, 0.717) is 0 Å². The van der Waals surface area contributed by atoms with Gasteiger partial charge in [0.1, 0.15) is 0 Å². The van der Waals surface area contributed by atoms with E-state index in [1.165, 1.54) is 0 Å². The summed E-state index contributed by atoms with van der Waals surface area (Å²) in [5.74, 6) is -0.663. The van der Waals surface area contributed by atoms with Gasteiger partial charge in [-0.3, -0.25) is 9.78 Å². The highest BCUT2D eigenvalue weighted by molar-refractivity contribution is 5.68. The van der Waals surface area contributed by atoms with Crippen molar-refractivity contribution in [2.24, 2.45) is 0 Å². The first-order valence-corrected chi connectivity index (χ1v) is 6.43. The number of nitrogens with zero attached hydrogens (tertiary/aromatic N) is 1. The van der Waals surface area contributed by atoms with Crippen LogP contribution in [0.4, 0.5) is 0 Å². The maximum Gasteiger partial charge on any atom is 0.303 e. The summed E-state index contributed by atoms with van der Waals surface area (Å²) in [6, 6.07) is 12.0. The lowest BCUT2D eigenvalue weighted by molar-refractivity contribution is -0.137. The molecule has 3 heteroatoms. The van der Waals surface area contributed by atoms with Gasteiger partial charge in [-0.05, 0) is 35.1 Å². The summed E-state index contributed by atoms with van der Waals surface area (Å²) in [5, 5.41) is 8.90. The predicted octanol–water partition coefficient (Wildman–Crippen LogP) is 3.72. The fourth-order valence-corrected chi connectivity index (χ4v) is 2.19. The van der Waals surface area contributed by atoms with Gasteiger partial charge in [0.05, 0.1) is 6.42 Å². The Kier molecular flexibility index (Phi) is 4.29. The van der Waals surface area contributed by atoms with Crippen LogP contribution in [0.1, 0.15) is 31.2 Å². The smallest absolute Gasteiger partial charge is 0.303 e. The Morgan fingerprint density at radius 3 is 2.47 bits per heavy atom. The van der Waals surface area contributed by atoms with Crippen molar-refractivity contribution >= 4 is 5.97 Å². The summed E-state index contributed by atoms with van der Waals surface area (Å²) >= 11 is 0. The third-order valence-corrected chi connectivity index (χ3v) is 3.29. The lowest BCUT2D eigenvalue weighted by Crippen LogP contribution is -2.05. The van der Waals surface area contributed by atoms with Gasteiger partial charge in [-0.2, -0.15) is 0 Å². The third-order valence-electron chi connectivity index (χ3n) is 3.29. The second-order valence-corrected chi connectivity index (χ2v) is 4.57. The molecule has 1 unspecified atom stereocenters. The van der Waals surface area contributed by atoms with E-state index in [1.54, 1.807) is 6.20 Å². The van der Waals surface area contributed by atoms with Gasteiger partial charge in [-0.15, -0.1) is 0 Å². The molecule has 1 aromatic heterocycles. The Balaban J connectivity index is 2.20. The Morgan fingerprint density at radius 1 is 1.21 bits per heavy atom. The standard InChI is InChI=1S/C16H17NO2/c1-2-12(10-16(18)19)13-5-7-14(8-6-13)15-4-3-9-17-11-15/h3-9,11-12H,2,10H2,1H3,(H,18,19). The molecule has 0 aliphatic rings. The van der Waals surface area contributed by atoms with Gasteiger partial charge in [0, 0.05) is 12.4 Å². The van der Waals surface area contributed by atoms with Crippen molar-refractivity contribution < 1.29 is 9.90 Å². The summed E-state index contributed by atoms with van der Waals surface area (Å²) in [6.45, 7) is 2.02. The van der Waals surface area contributed by atoms with E-state index in [2.05, 4.69) is 4.98 Å². The molecule has 2 aromatic rings. The van der Waals surface area contributed by atoms with Crippen LogP contribution in [0.3, 0.4) is 0 Å². The van der Waals surface area contributed by atoms with Crippen LogP contribution in [0.2, 0.25) is 0 Å². The van der Waals surface area contributed by atoms with Crippen molar-refractivity contribution in [3.63, 3.8) is 0 Å². The van der Waals surface area contributed by atoms with E-state index in [-0.39, 0.29) is 12.3 Å². The molecule has 0 amide bonds. The number of benzene rings is 1. The molecule has 1 N–H and O–H groups in total. The van der Waals surface area contributed by atoms with Crippen LogP contribution in [-0.4, -0.2) is 16.1 Å². The maximum absolute atomic E-state index is 10.8. The van der Waals surface area contributed by atoms with Gasteiger partial charge in [0.15, 0.2) is 0 Å². The van der Waals surface area contributed by atoms with Crippen LogP contribution < -0.4 is 0 Å². The van der Waals surface area contributed by atoms with Crippen LogP contribution in [0.25, 0.3) is 11.1 Å². The highest BCUT2D eigenvalue weighted by Crippen LogP contribution is 2.26. The molecule has 1 atom stereocenters. The Labute approximate surface area is 112 Å². The van der Waals surface area contributed by atoms with E-state index in [1.807, 2.05) is 49.5 Å². The number of aromatic nitrogens is 1. The van der Waals surface area contributed by atoms with Crippen LogP contribution in [0, 0.1) is 0 Å². The van der Waals surface area contributed by atoms with Crippen LogP contribution in [0.5, 0.6) is 0 Å². The molecular formula is C16H17NO2. The van der Waals surface area contributed by atoms with Crippen molar-refractivity contribution in [2.45, 2.75) is 25.7 Å². The van der Waals surface area contributed by atoms with Crippen molar-refractivity contribution in [1.29, 1.82) is 0 Å². The molecule has 0 aliphatic heterocycles. The lowest BCUT2D eigenvalue weighted by Gasteiger charge is -2.13. The SMILES string of the molecule is CCC(CC(=O)O)c1ccc(-c2cccnc2)cc1. The fourth-order valence-electron chi connectivity index (χ4n) is 2.19. The quantitative estimate of drug-likeness (QED) is 0.885. The number of hydrogen-bond donors (Lipinski definition) is 1. The summed E-state index contributed by atoms with van der Waals surface area (Å²) in [5.41, 5.74) is 3.25. The monoisotopic (exact) mass is 255 g/mol. The Hall–Kier alpha value is -2.16. The molecule has 2 rings (SSSR count). The molecular weight excluding hydrogens is 238 g/mol. The maximum atomic E-state index is 10.8. The molecule has 0 saturated heterocycles. The van der Waals surface area contributed by atoms with E-state index in [4.69, 9.17) is 5.11 Å². The number of aliphatic carboxylic acids is 1. The zero-order valence-electron chi connectivity index (χ0n) is 10.9. The largest absolute Gasteiger partial charge is 0.481 e. The van der Waals surface area contributed by atoms with Gasteiger partial charge >= 0.3 is 5.97 Å². The lowest BCUT2D eigenvalue weighted by atomic mass is 9.92. The molecule has 0 spiro atoms. The van der Waals surface area contributed by atoms with Crippen molar-refractivity contribution in [3.8, 4) is 11.1 Å². The first kappa shape index (κ1) is 13.3. The zero-order chi connectivity index (χ0) is 13.7. The summed E-state index contributed by atoms with van der Waals surface area (Å²) in [7, 11) is 0. The van der Waals surface area contributed by atoms with Crippen LogP contribution in [0.15, 0.2) is 48.8 Å². The number of rotatable bonds is 5. The summed E-state index contributed by atoms with van der Waals surface area (Å²) < 4.78 is 0. The average molecular weight is 255 g/mol. The fraction of sp³-hybridized carbons (Fsp3) is 0.250. The van der Waals surface area contributed by atoms with E-state index >= 15 is 0 Å². The van der Waals surface area contributed by atoms with Crippen LogP contribution in [-0.2, 0) is 4.79 Å². The highest BCUT2D eigenvalue weighted by atomic mass is 16.4. The van der Waals surface area contributed by atoms with Gasteiger partial charge in [-0.25, -0.2) is 0 Å². The first-order valence-electron chi connectivity index (χ1n) is 6.43. The highest BCUT2D eigenvalue weighted by Gasteiger charge is 2.13. The molecule has 0 saturated carbocycles. The molecule has 0 radical (unpaired) electrons. The number of hydrogen-bond acceptors (Lipinski definition) is 2. The molecule has 98 valence electrons. The normalized spacial score (nSPS) is 12.1. The summed E-state index contributed by atoms with van der Waals surface area (Å²) in [4.78, 5) is 14.9. The second kappa shape index (κ2) is 6.14. The molecule has 0 aliphatic carbocycles.